The van der Waals surface area contributed by atoms with Gasteiger partial charge in [0.2, 0.25) is 0 Å². The second-order valence-corrected chi connectivity index (χ2v) is 19.5. The molecule has 0 aromatic heterocycles. The molecule has 11 aliphatic rings. The first kappa shape index (κ1) is 36.5. The summed E-state index contributed by atoms with van der Waals surface area (Å²) in [5.41, 5.74) is 8.07. The van der Waals surface area contributed by atoms with Crippen molar-refractivity contribution in [1.82, 2.24) is 9.80 Å². The first-order valence-electron chi connectivity index (χ1n) is 21.5. The lowest BCUT2D eigenvalue weighted by molar-refractivity contribution is -0.274. The van der Waals surface area contributed by atoms with Crippen molar-refractivity contribution in [3.05, 3.63) is 69.8 Å². The Morgan fingerprint density at radius 1 is 1.04 bits per heavy atom. The summed E-state index contributed by atoms with van der Waals surface area (Å²) in [6.07, 6.45) is 14.4. The molecule has 1 aromatic rings. The molecule has 10 atom stereocenters. The number of esters is 2. The maximum atomic E-state index is 15.2. The fraction of sp³-hybridized carbons (Fsp3) is 0.696. The Bertz CT molecular complexity index is 1800. The number of benzene rings is 1. The van der Waals surface area contributed by atoms with Crippen molar-refractivity contribution in [2.24, 2.45) is 58.0 Å². The smallest absolute Gasteiger partial charge is 0.339 e. The van der Waals surface area contributed by atoms with Crippen molar-refractivity contribution in [2.45, 2.75) is 117 Å². The molecule has 0 radical (unpaired) electrons. The van der Waals surface area contributed by atoms with Gasteiger partial charge in [-0.2, -0.15) is 0 Å². The summed E-state index contributed by atoms with van der Waals surface area (Å²) in [6, 6.07) is 6.25. The minimum Gasteiger partial charge on any atom is -0.509 e. The maximum absolute atomic E-state index is 15.2. The van der Waals surface area contributed by atoms with Gasteiger partial charge in [0, 0.05) is 61.7 Å². The van der Waals surface area contributed by atoms with Gasteiger partial charge in [0.15, 0.2) is 11.4 Å². The van der Waals surface area contributed by atoms with Crippen LogP contribution in [0, 0.1) is 52.3 Å². The van der Waals surface area contributed by atoms with Gasteiger partial charge in [0.1, 0.15) is 11.2 Å². The fourth-order valence-electron chi connectivity index (χ4n) is 13.3. The predicted octanol–water partition coefficient (Wildman–Crippen LogP) is 8.03. The molecular formula is C46H63N3O5. The molecule has 1 saturated carbocycles. The number of aliphatic hydroxyl groups is 1. The van der Waals surface area contributed by atoms with Gasteiger partial charge in [0.25, 0.3) is 0 Å². The van der Waals surface area contributed by atoms with E-state index in [2.05, 4.69) is 68.7 Å². The molecule has 3 aliphatic carbocycles. The van der Waals surface area contributed by atoms with E-state index in [0.717, 1.165) is 82.3 Å². The van der Waals surface area contributed by atoms with Crippen LogP contribution in [0.15, 0.2) is 53.1 Å². The van der Waals surface area contributed by atoms with E-state index in [1.54, 1.807) is 0 Å². The lowest BCUT2D eigenvalue weighted by atomic mass is 9.31. The monoisotopic (exact) mass is 737 g/mol. The zero-order valence-electron chi connectivity index (χ0n) is 33.4. The number of nitrogens with two attached hydrogens (primary N) is 1. The summed E-state index contributed by atoms with van der Waals surface area (Å²) in [4.78, 5) is 35.0. The van der Waals surface area contributed by atoms with Crippen LogP contribution in [0.1, 0.15) is 120 Å². The van der Waals surface area contributed by atoms with E-state index < -0.39 is 16.4 Å². The Balaban J connectivity index is 1.28. The second kappa shape index (κ2) is 13.2. The molecular weight excluding hydrogens is 675 g/mol. The quantitative estimate of drug-likeness (QED) is 0.204. The summed E-state index contributed by atoms with van der Waals surface area (Å²) >= 11 is 0. The highest BCUT2D eigenvalue weighted by molar-refractivity contribution is 5.99. The highest BCUT2D eigenvalue weighted by Crippen LogP contribution is 2.85. The first-order chi connectivity index (χ1) is 25.9. The van der Waals surface area contributed by atoms with Crippen LogP contribution >= 0.6 is 0 Å². The number of hydrogen-bond acceptors (Lipinski definition) is 8. The third kappa shape index (κ3) is 5.06. The summed E-state index contributed by atoms with van der Waals surface area (Å²) < 4.78 is 13.6. The largest absolute Gasteiger partial charge is 0.509 e. The number of aryl methyl sites for hydroxylation is 1. The van der Waals surface area contributed by atoms with E-state index >= 15 is 4.79 Å². The molecule has 3 N–H and O–H groups in total. The Morgan fingerprint density at radius 2 is 1.81 bits per heavy atom. The van der Waals surface area contributed by atoms with Crippen LogP contribution in [0.3, 0.4) is 0 Å². The minimum atomic E-state index is -1.13. The van der Waals surface area contributed by atoms with Crippen molar-refractivity contribution in [1.29, 1.82) is 0 Å². The van der Waals surface area contributed by atoms with Gasteiger partial charge in [-0.3, -0.25) is 9.69 Å². The third-order valence-electron chi connectivity index (χ3n) is 15.6. The zero-order valence-corrected chi connectivity index (χ0v) is 33.4. The van der Waals surface area contributed by atoms with Crippen molar-refractivity contribution in [2.75, 3.05) is 32.7 Å². The Kier molecular flexibility index (Phi) is 8.96. The highest BCUT2D eigenvalue weighted by atomic mass is 16.6. The number of nitrogens with zero attached hydrogens (tertiary/aromatic N) is 2. The summed E-state index contributed by atoms with van der Waals surface area (Å²) in [5, 5.41) is 12.5. The van der Waals surface area contributed by atoms with Crippen molar-refractivity contribution in [3.8, 4) is 0 Å². The molecule has 3 saturated heterocycles. The summed E-state index contributed by atoms with van der Waals surface area (Å²) in [7, 11) is 0. The molecule has 8 aliphatic heterocycles. The topological polar surface area (TPSA) is 105 Å². The average molecular weight is 738 g/mol. The molecule has 8 nitrogen and oxygen atoms in total. The predicted molar refractivity (Wildman–Crippen MR) is 209 cm³/mol. The number of ether oxygens (including phenoxy) is 2. The number of piperidine rings is 2. The van der Waals surface area contributed by atoms with Crippen LogP contribution in [0.25, 0.3) is 0 Å². The maximum Gasteiger partial charge on any atom is 0.339 e. The summed E-state index contributed by atoms with van der Waals surface area (Å²) in [6.45, 7) is 16.1. The Morgan fingerprint density at radius 3 is 2.56 bits per heavy atom. The molecule has 2 spiro atoms. The SMILES string of the molecule is CC(C)CCC(C)CC1C23C=C4CCC2(C(=C(O)CC(C)N2CC5CC(CN(C5)C5=CCC(C)CC45)C2)OC3=O)C12OC(=O)c1c(CCCN)cccc12. The van der Waals surface area contributed by atoms with Crippen molar-refractivity contribution in [3.63, 3.8) is 0 Å². The number of rotatable bonds is 8. The van der Waals surface area contributed by atoms with Gasteiger partial charge >= 0.3 is 11.9 Å². The van der Waals surface area contributed by atoms with Crippen LogP contribution in [0.4, 0.5) is 0 Å². The van der Waals surface area contributed by atoms with E-state index in [4.69, 9.17) is 15.2 Å². The normalized spacial score (nSPS) is 39.7. The van der Waals surface area contributed by atoms with E-state index in [9.17, 15) is 9.90 Å². The van der Waals surface area contributed by atoms with E-state index in [1.165, 1.54) is 17.7 Å². The molecule has 4 fully saturated rings. The summed E-state index contributed by atoms with van der Waals surface area (Å²) in [5.74, 6) is 2.46. The van der Waals surface area contributed by atoms with Crippen LogP contribution in [0.2, 0.25) is 0 Å². The second-order valence-electron chi connectivity index (χ2n) is 19.5. The van der Waals surface area contributed by atoms with Gasteiger partial charge in [0.05, 0.1) is 11.0 Å². The number of fused-ring (bicyclic) bond motifs is 2. The molecule has 8 heteroatoms. The van der Waals surface area contributed by atoms with Gasteiger partial charge < -0.3 is 25.2 Å². The van der Waals surface area contributed by atoms with Crippen LogP contribution in [0.5, 0.6) is 0 Å². The first-order valence-corrected chi connectivity index (χ1v) is 21.5. The number of allylic oxidation sites excluding steroid dienone is 2. The van der Waals surface area contributed by atoms with Crippen molar-refractivity contribution >= 4 is 11.9 Å². The molecule has 10 unspecified atom stereocenters. The molecule has 0 amide bonds. The van der Waals surface area contributed by atoms with Gasteiger partial charge in [-0.25, -0.2) is 4.79 Å². The Hall–Kier alpha value is -3.10. The molecule has 12 rings (SSSR count). The molecule has 54 heavy (non-hydrogen) atoms. The van der Waals surface area contributed by atoms with Crippen LogP contribution in [-0.2, 0) is 26.3 Å². The van der Waals surface area contributed by atoms with E-state index in [-0.39, 0.29) is 35.6 Å². The number of carbonyl (C=O) groups excluding carboxylic acids is 2. The van der Waals surface area contributed by atoms with E-state index in [1.807, 2.05) is 6.07 Å². The number of aliphatic hydroxyl groups excluding tert-OH is 1. The fourth-order valence-corrected chi connectivity index (χ4v) is 13.3. The number of carbonyl (C=O) groups is 2. The lowest BCUT2D eigenvalue weighted by Crippen LogP contribution is -2.75. The lowest BCUT2D eigenvalue weighted by Gasteiger charge is -2.69. The third-order valence-corrected chi connectivity index (χ3v) is 15.6. The average Bonchev–Trinajstić information content (AvgIpc) is 3.60. The standard InChI is InChI=1S/C46H63N3O5/c1-27(2)11-12-29(4)19-39-44-22-34-15-16-45(44,46(39)36-10-6-8-33(9-7-17-47)40(36)42(51)54-46)41(53-43(44)52)38(50)20-30(5)48-23-31-21-32(24-48)26-49(25-31)37-14-13-28(3)18-35(34)37/h6,8,10,14,22,27-32,35,39,50H,7,9,11-13,15-21,23-26,47H2,1-5H3. The molecule has 292 valence electrons. The zero-order chi connectivity index (χ0) is 37.7. The van der Waals surface area contributed by atoms with Crippen LogP contribution < -0.4 is 5.73 Å². The molecule has 1 aromatic carbocycles. The highest BCUT2D eigenvalue weighted by Gasteiger charge is 2.91. The van der Waals surface area contributed by atoms with Gasteiger partial charge in [-0.15, -0.1) is 0 Å². The van der Waals surface area contributed by atoms with Crippen molar-refractivity contribution < 1.29 is 24.2 Å². The molecule has 8 heterocycles. The minimum absolute atomic E-state index is 0.0749. The van der Waals surface area contributed by atoms with E-state index in [0.29, 0.717) is 66.7 Å². The van der Waals surface area contributed by atoms with Gasteiger partial charge in [-0.1, -0.05) is 76.5 Å². The van der Waals surface area contributed by atoms with Gasteiger partial charge in [-0.05, 0) is 100.0 Å². The Labute approximate surface area is 322 Å². The van der Waals surface area contributed by atoms with Crippen LogP contribution in [-0.4, -0.2) is 65.6 Å². The molecule has 8 bridgehead atoms. The number of hydrogen-bond donors (Lipinski definition) is 2.